The number of carboxylic acids is 1. The van der Waals surface area contributed by atoms with Gasteiger partial charge in [0.05, 0.1) is 6.54 Å². The second-order valence-electron chi connectivity index (χ2n) is 8.04. The van der Waals surface area contributed by atoms with E-state index in [9.17, 15) is 19.5 Å². The van der Waals surface area contributed by atoms with E-state index in [1.165, 1.54) is 28.4 Å². The smallest absolute Gasteiger partial charge is 0.352 e. The molecule has 2 atom stereocenters. The number of nitrogens with one attached hydrogen (secondary N) is 1. The minimum atomic E-state index is -1.22. The van der Waals surface area contributed by atoms with Crippen LogP contribution >= 0.6 is 34.9 Å². The van der Waals surface area contributed by atoms with E-state index >= 15 is 0 Å². The van der Waals surface area contributed by atoms with Crippen LogP contribution in [0.15, 0.2) is 39.6 Å². The third kappa shape index (κ3) is 5.83. The molecular formula is C21H25N9O5S3. The van der Waals surface area contributed by atoms with Crippen molar-refractivity contribution in [3.05, 3.63) is 35.0 Å². The molecule has 1 unspecified atom stereocenters. The van der Waals surface area contributed by atoms with E-state index in [1.807, 2.05) is 6.92 Å². The van der Waals surface area contributed by atoms with Crippen molar-refractivity contribution in [3.8, 4) is 0 Å². The second-order valence-corrected chi connectivity index (χ2v) is 11.0. The number of aliphatic carboxylic acids is 1. The van der Waals surface area contributed by atoms with Crippen molar-refractivity contribution >= 4 is 63.5 Å². The number of rotatable bonds is 13. The van der Waals surface area contributed by atoms with Crippen molar-refractivity contribution in [2.24, 2.45) is 5.16 Å². The maximum absolute atomic E-state index is 13.1. The van der Waals surface area contributed by atoms with Crippen molar-refractivity contribution in [1.82, 2.24) is 35.4 Å². The molecule has 0 aliphatic carbocycles. The van der Waals surface area contributed by atoms with Gasteiger partial charge in [-0.2, -0.15) is 0 Å². The first-order valence-corrected chi connectivity index (χ1v) is 14.4. The number of fused-ring (bicyclic) bond motifs is 1. The van der Waals surface area contributed by atoms with Crippen LogP contribution in [-0.2, 0) is 25.8 Å². The van der Waals surface area contributed by atoms with Gasteiger partial charge in [0.2, 0.25) is 5.16 Å². The number of unbranched alkanes of at least 4 members (excludes halogenated alkanes) is 1. The molecule has 202 valence electrons. The molecule has 2 amide bonds. The van der Waals surface area contributed by atoms with Gasteiger partial charge in [-0.25, -0.2) is 14.5 Å². The van der Waals surface area contributed by atoms with Crippen LogP contribution in [0.2, 0.25) is 0 Å². The van der Waals surface area contributed by atoms with Crippen LogP contribution in [0.3, 0.4) is 0 Å². The number of thiazole rings is 1. The first-order valence-electron chi connectivity index (χ1n) is 11.5. The molecule has 38 heavy (non-hydrogen) atoms. The Labute approximate surface area is 229 Å². The molecule has 0 radical (unpaired) electrons. The topological polar surface area (TPSA) is 191 Å². The third-order valence-corrected chi connectivity index (χ3v) is 8.49. The van der Waals surface area contributed by atoms with Crippen molar-refractivity contribution < 1.29 is 24.3 Å². The largest absolute Gasteiger partial charge is 0.477 e. The molecule has 4 heterocycles. The van der Waals surface area contributed by atoms with Crippen LogP contribution in [-0.4, -0.2) is 88.2 Å². The predicted octanol–water partition coefficient (Wildman–Crippen LogP) is 0.950. The number of carbonyl (C=O) groups excluding carboxylic acids is 2. The predicted molar refractivity (Wildman–Crippen MR) is 142 cm³/mol. The Hall–Kier alpha value is -3.44. The maximum atomic E-state index is 13.1. The molecule has 4 N–H and O–H groups in total. The number of nitrogens with two attached hydrogens (primary N) is 1. The van der Waals surface area contributed by atoms with E-state index in [-0.39, 0.29) is 28.0 Å². The lowest BCUT2D eigenvalue weighted by Gasteiger charge is -2.49. The van der Waals surface area contributed by atoms with Gasteiger partial charge in [0, 0.05) is 16.9 Å². The highest BCUT2D eigenvalue weighted by Crippen LogP contribution is 2.41. The number of nitrogen functional groups attached to an aromatic ring is 1. The Morgan fingerprint density at radius 1 is 1.47 bits per heavy atom. The number of carboxylic acid groups (broad SMARTS) is 1. The number of hydrogen-bond donors (Lipinski definition) is 3. The average Bonchev–Trinajstić information content (AvgIpc) is 3.53. The van der Waals surface area contributed by atoms with E-state index < -0.39 is 29.2 Å². The van der Waals surface area contributed by atoms with E-state index in [0.717, 1.165) is 24.2 Å². The fourth-order valence-corrected chi connectivity index (χ4v) is 6.53. The van der Waals surface area contributed by atoms with Crippen LogP contribution in [0, 0.1) is 0 Å². The summed E-state index contributed by atoms with van der Waals surface area (Å²) in [5, 5.41) is 29.7. The number of nitrogens with zero attached hydrogens (tertiary/aromatic N) is 7. The quantitative estimate of drug-likeness (QED) is 0.0761. The second kappa shape index (κ2) is 12.4. The Kier molecular flexibility index (Phi) is 9.01. The van der Waals surface area contributed by atoms with Gasteiger partial charge in [-0.3, -0.25) is 14.5 Å². The van der Waals surface area contributed by atoms with Crippen LogP contribution in [0.4, 0.5) is 5.13 Å². The summed E-state index contributed by atoms with van der Waals surface area (Å²) in [5.41, 5.74) is 6.29. The first kappa shape index (κ1) is 27.6. The number of anilines is 1. The van der Waals surface area contributed by atoms with Gasteiger partial charge in [0.1, 0.15) is 29.4 Å². The molecule has 2 aliphatic heterocycles. The number of hydrogen-bond acceptors (Lipinski definition) is 13. The summed E-state index contributed by atoms with van der Waals surface area (Å²) in [6, 6.07) is -0.937. The zero-order valence-corrected chi connectivity index (χ0v) is 22.7. The molecule has 2 aliphatic rings. The molecule has 17 heteroatoms. The summed E-state index contributed by atoms with van der Waals surface area (Å²) < 4.78 is 1.54. The zero-order valence-electron chi connectivity index (χ0n) is 20.3. The Bertz CT molecular complexity index is 1290. The van der Waals surface area contributed by atoms with Crippen molar-refractivity contribution in [1.29, 1.82) is 0 Å². The molecule has 0 spiro atoms. The van der Waals surface area contributed by atoms with Gasteiger partial charge in [-0.05, 0) is 22.4 Å². The summed E-state index contributed by atoms with van der Waals surface area (Å²) in [4.78, 5) is 48.9. The third-order valence-electron chi connectivity index (χ3n) is 5.44. The van der Waals surface area contributed by atoms with E-state index in [4.69, 9.17) is 10.6 Å². The Balaban J connectivity index is 1.47. The maximum Gasteiger partial charge on any atom is 0.352 e. The van der Waals surface area contributed by atoms with Crippen molar-refractivity contribution in [2.45, 2.75) is 42.9 Å². The summed E-state index contributed by atoms with van der Waals surface area (Å²) in [7, 11) is 0. The molecule has 1 saturated heterocycles. The van der Waals surface area contributed by atoms with Gasteiger partial charge in [-0.15, -0.1) is 34.8 Å². The van der Waals surface area contributed by atoms with Crippen molar-refractivity contribution in [2.75, 3.05) is 23.8 Å². The average molecular weight is 580 g/mol. The minimum Gasteiger partial charge on any atom is -0.477 e. The molecule has 0 aromatic carbocycles. The highest BCUT2D eigenvalue weighted by molar-refractivity contribution is 8.01. The minimum absolute atomic E-state index is 0.0939. The molecule has 1 fully saturated rings. The molecule has 0 bridgehead atoms. The SMILES string of the molecule is C=CCn1nnnc1SCC1=C(C(=O)O)N2C(=O)C(NC(=O)/C(=N/OCCCC)c3csc(N)n3)[C@H]2SC1. The van der Waals surface area contributed by atoms with Crippen LogP contribution in [0.25, 0.3) is 0 Å². The Morgan fingerprint density at radius 2 is 2.29 bits per heavy atom. The van der Waals surface area contributed by atoms with E-state index in [1.54, 1.807) is 16.1 Å². The number of aromatic nitrogens is 5. The number of β-lactam (4-membered cyclic amide) rings is 1. The highest BCUT2D eigenvalue weighted by atomic mass is 32.2. The monoisotopic (exact) mass is 579 g/mol. The lowest BCUT2D eigenvalue weighted by atomic mass is 10.0. The number of amides is 2. The van der Waals surface area contributed by atoms with E-state index in [0.29, 0.717) is 29.6 Å². The molecule has 2 aromatic heterocycles. The number of carbonyl (C=O) groups is 3. The van der Waals surface area contributed by atoms with Crippen LogP contribution < -0.4 is 11.1 Å². The number of oxime groups is 1. The summed E-state index contributed by atoms with van der Waals surface area (Å²) in [6.45, 7) is 6.38. The Morgan fingerprint density at radius 3 is 2.97 bits per heavy atom. The first-order chi connectivity index (χ1) is 18.3. The summed E-state index contributed by atoms with van der Waals surface area (Å²) in [5.74, 6) is -1.80. The summed E-state index contributed by atoms with van der Waals surface area (Å²) >= 11 is 3.77. The molecule has 4 rings (SSSR count). The lowest BCUT2D eigenvalue weighted by Crippen LogP contribution is -2.71. The molecule has 0 saturated carbocycles. The van der Waals surface area contributed by atoms with Gasteiger partial charge in [-0.1, -0.05) is 36.3 Å². The standard InChI is InChI=1S/C21H25N9O5S3/c1-3-5-7-35-26-13(12-10-37-20(22)23-12)16(31)24-14-17(32)30-15(19(33)34)11(8-36-18(14)30)9-38-21-25-27-28-29(21)6-4-2/h4,10,14,18H,2-3,5-9H2,1H3,(H2,22,23)(H,24,31)(H,33,34)/b26-13+/t14?,18-/m1/s1. The highest BCUT2D eigenvalue weighted by Gasteiger charge is 2.54. The van der Waals surface area contributed by atoms with Crippen LogP contribution in [0.5, 0.6) is 0 Å². The number of allylic oxidation sites excluding steroid dienone is 1. The van der Waals surface area contributed by atoms with Gasteiger partial charge < -0.3 is 21.0 Å². The van der Waals surface area contributed by atoms with Gasteiger partial charge >= 0.3 is 5.97 Å². The lowest BCUT2D eigenvalue weighted by molar-refractivity contribution is -0.150. The fourth-order valence-electron chi connectivity index (χ4n) is 3.61. The molecule has 2 aromatic rings. The van der Waals surface area contributed by atoms with Crippen molar-refractivity contribution in [3.63, 3.8) is 0 Å². The number of tetrazole rings is 1. The fraction of sp³-hybridized carbons (Fsp3) is 0.429. The zero-order chi connectivity index (χ0) is 27.2. The molecule has 14 nitrogen and oxygen atoms in total. The normalized spacial score (nSPS) is 19.1. The molecular weight excluding hydrogens is 554 g/mol. The van der Waals surface area contributed by atoms with Gasteiger partial charge in [0.15, 0.2) is 10.8 Å². The number of thioether (sulfide) groups is 2. The van der Waals surface area contributed by atoms with E-state index in [2.05, 4.69) is 37.6 Å². The summed E-state index contributed by atoms with van der Waals surface area (Å²) in [6.07, 6.45) is 3.28. The van der Waals surface area contributed by atoms with Gasteiger partial charge in [0.25, 0.3) is 11.8 Å². The van der Waals surface area contributed by atoms with Crippen LogP contribution in [0.1, 0.15) is 25.5 Å².